The molecule has 1 fully saturated rings. The Morgan fingerprint density at radius 1 is 1.57 bits per heavy atom. The van der Waals surface area contributed by atoms with Crippen molar-refractivity contribution in [2.75, 3.05) is 24.2 Å². The molecule has 0 bridgehead atoms. The first kappa shape index (κ1) is 9.31. The molecule has 1 saturated carbocycles. The van der Waals surface area contributed by atoms with Crippen molar-refractivity contribution in [2.45, 2.75) is 13.3 Å². The molecule has 0 spiro atoms. The molecule has 2 unspecified atom stereocenters. The number of aromatic nitrogens is 1. The van der Waals surface area contributed by atoms with E-state index in [2.05, 4.69) is 23.9 Å². The number of nitrogens with zero attached hydrogens (tertiary/aromatic N) is 2. The summed E-state index contributed by atoms with van der Waals surface area (Å²) < 4.78 is 0. The van der Waals surface area contributed by atoms with Gasteiger partial charge in [0.1, 0.15) is 5.82 Å². The highest BCUT2D eigenvalue weighted by Crippen LogP contribution is 2.38. The lowest BCUT2D eigenvalue weighted by molar-refractivity contribution is 0.719. The van der Waals surface area contributed by atoms with Crippen LogP contribution in [0.2, 0.25) is 0 Å². The van der Waals surface area contributed by atoms with Crippen LogP contribution in [0.25, 0.3) is 0 Å². The standard InChI is InChI=1S/C11H17N3/c1-8-5-9(8)7-14(2)11-4-3-10(12)6-13-11/h3-4,6,8-9H,5,7,12H2,1-2H3. The first-order chi connectivity index (χ1) is 6.66. The Balaban J connectivity index is 1.96. The maximum atomic E-state index is 5.58. The van der Waals surface area contributed by atoms with Gasteiger partial charge in [0.2, 0.25) is 0 Å². The molecule has 1 heterocycles. The molecule has 14 heavy (non-hydrogen) atoms. The van der Waals surface area contributed by atoms with Gasteiger partial charge in [-0.05, 0) is 30.4 Å². The molecular weight excluding hydrogens is 174 g/mol. The van der Waals surface area contributed by atoms with Crippen LogP contribution < -0.4 is 10.6 Å². The highest BCUT2D eigenvalue weighted by atomic mass is 15.2. The van der Waals surface area contributed by atoms with E-state index in [0.29, 0.717) is 0 Å². The molecule has 0 saturated heterocycles. The number of nitrogen functional groups attached to an aromatic ring is 1. The Labute approximate surface area is 84.9 Å². The van der Waals surface area contributed by atoms with Crippen molar-refractivity contribution in [2.24, 2.45) is 11.8 Å². The Bertz CT molecular complexity index is 307. The fraction of sp³-hybridized carbons (Fsp3) is 0.545. The molecule has 0 aromatic carbocycles. The van der Waals surface area contributed by atoms with Gasteiger partial charge in [0.15, 0.2) is 0 Å². The predicted molar refractivity (Wildman–Crippen MR) is 59.2 cm³/mol. The number of hydrogen-bond acceptors (Lipinski definition) is 3. The van der Waals surface area contributed by atoms with E-state index in [1.807, 2.05) is 12.1 Å². The van der Waals surface area contributed by atoms with Gasteiger partial charge in [0.05, 0.1) is 11.9 Å². The second-order valence-corrected chi connectivity index (χ2v) is 4.30. The smallest absolute Gasteiger partial charge is 0.128 e. The molecule has 1 aromatic heterocycles. The van der Waals surface area contributed by atoms with Crippen molar-refractivity contribution in [3.8, 4) is 0 Å². The van der Waals surface area contributed by atoms with Gasteiger partial charge < -0.3 is 10.6 Å². The predicted octanol–water partition coefficient (Wildman–Crippen LogP) is 1.76. The van der Waals surface area contributed by atoms with Crippen LogP contribution >= 0.6 is 0 Å². The zero-order valence-electron chi connectivity index (χ0n) is 8.77. The number of hydrogen-bond donors (Lipinski definition) is 1. The summed E-state index contributed by atoms with van der Waals surface area (Å²) in [6.07, 6.45) is 3.07. The molecule has 1 aliphatic carbocycles. The lowest BCUT2D eigenvalue weighted by Crippen LogP contribution is -2.21. The second kappa shape index (κ2) is 3.48. The van der Waals surface area contributed by atoms with Gasteiger partial charge in [0, 0.05) is 13.6 Å². The van der Waals surface area contributed by atoms with Crippen LogP contribution in [0.3, 0.4) is 0 Å². The fourth-order valence-corrected chi connectivity index (χ4v) is 1.72. The van der Waals surface area contributed by atoms with E-state index in [4.69, 9.17) is 5.73 Å². The first-order valence-corrected chi connectivity index (χ1v) is 5.09. The third-order valence-corrected chi connectivity index (χ3v) is 2.95. The molecule has 0 radical (unpaired) electrons. The van der Waals surface area contributed by atoms with Gasteiger partial charge in [-0.2, -0.15) is 0 Å². The first-order valence-electron chi connectivity index (χ1n) is 5.09. The van der Waals surface area contributed by atoms with Crippen molar-refractivity contribution in [3.63, 3.8) is 0 Å². The molecule has 2 atom stereocenters. The normalized spacial score (nSPS) is 24.7. The average molecular weight is 191 g/mol. The fourth-order valence-electron chi connectivity index (χ4n) is 1.72. The Hall–Kier alpha value is -1.25. The molecule has 2 rings (SSSR count). The van der Waals surface area contributed by atoms with Crippen molar-refractivity contribution < 1.29 is 0 Å². The summed E-state index contributed by atoms with van der Waals surface area (Å²) >= 11 is 0. The zero-order chi connectivity index (χ0) is 10.1. The number of anilines is 2. The molecule has 2 N–H and O–H groups in total. The van der Waals surface area contributed by atoms with Gasteiger partial charge in [-0.1, -0.05) is 6.92 Å². The summed E-state index contributed by atoms with van der Waals surface area (Å²) in [5.41, 5.74) is 6.31. The lowest BCUT2D eigenvalue weighted by Gasteiger charge is -2.17. The zero-order valence-corrected chi connectivity index (χ0v) is 8.77. The van der Waals surface area contributed by atoms with Gasteiger partial charge >= 0.3 is 0 Å². The molecule has 76 valence electrons. The summed E-state index contributed by atoms with van der Waals surface area (Å²) in [6, 6.07) is 3.87. The number of nitrogens with two attached hydrogens (primary N) is 1. The van der Waals surface area contributed by atoms with Crippen LogP contribution in [0.1, 0.15) is 13.3 Å². The van der Waals surface area contributed by atoms with Crippen LogP contribution in [0, 0.1) is 11.8 Å². The molecular formula is C11H17N3. The van der Waals surface area contributed by atoms with E-state index in [-0.39, 0.29) is 0 Å². The third-order valence-electron chi connectivity index (χ3n) is 2.95. The van der Waals surface area contributed by atoms with E-state index in [1.54, 1.807) is 6.20 Å². The Morgan fingerprint density at radius 2 is 2.29 bits per heavy atom. The van der Waals surface area contributed by atoms with E-state index < -0.39 is 0 Å². The van der Waals surface area contributed by atoms with Gasteiger partial charge in [-0.25, -0.2) is 4.98 Å². The van der Waals surface area contributed by atoms with Crippen LogP contribution in [-0.2, 0) is 0 Å². The Morgan fingerprint density at radius 3 is 2.79 bits per heavy atom. The maximum absolute atomic E-state index is 5.58. The molecule has 3 nitrogen and oxygen atoms in total. The minimum absolute atomic E-state index is 0.724. The minimum Gasteiger partial charge on any atom is -0.397 e. The van der Waals surface area contributed by atoms with Crippen molar-refractivity contribution in [3.05, 3.63) is 18.3 Å². The number of rotatable bonds is 3. The maximum Gasteiger partial charge on any atom is 0.128 e. The second-order valence-electron chi connectivity index (χ2n) is 4.30. The van der Waals surface area contributed by atoms with Crippen LogP contribution in [0.15, 0.2) is 18.3 Å². The monoisotopic (exact) mass is 191 g/mol. The van der Waals surface area contributed by atoms with E-state index in [9.17, 15) is 0 Å². The molecule has 0 amide bonds. The third kappa shape index (κ3) is 1.97. The average Bonchev–Trinajstić information content (AvgIpc) is 2.82. The SMILES string of the molecule is CC1CC1CN(C)c1ccc(N)cn1. The van der Waals surface area contributed by atoms with Crippen LogP contribution in [0.5, 0.6) is 0 Å². The molecule has 1 aromatic rings. The van der Waals surface area contributed by atoms with Gasteiger partial charge in [-0.15, -0.1) is 0 Å². The molecule has 0 aliphatic heterocycles. The summed E-state index contributed by atoms with van der Waals surface area (Å²) in [6.45, 7) is 3.41. The van der Waals surface area contributed by atoms with Gasteiger partial charge in [0.25, 0.3) is 0 Å². The van der Waals surface area contributed by atoms with E-state index in [0.717, 1.165) is 29.9 Å². The van der Waals surface area contributed by atoms with Crippen LogP contribution in [-0.4, -0.2) is 18.6 Å². The highest BCUT2D eigenvalue weighted by molar-refractivity contribution is 5.45. The highest BCUT2D eigenvalue weighted by Gasteiger charge is 2.33. The van der Waals surface area contributed by atoms with Gasteiger partial charge in [-0.3, -0.25) is 0 Å². The quantitative estimate of drug-likeness (QED) is 0.791. The number of pyridine rings is 1. The minimum atomic E-state index is 0.724. The van der Waals surface area contributed by atoms with Crippen LogP contribution in [0.4, 0.5) is 11.5 Å². The molecule has 3 heteroatoms. The summed E-state index contributed by atoms with van der Waals surface area (Å²) in [4.78, 5) is 6.49. The topological polar surface area (TPSA) is 42.1 Å². The Kier molecular flexibility index (Phi) is 2.32. The van der Waals surface area contributed by atoms with E-state index >= 15 is 0 Å². The summed E-state index contributed by atoms with van der Waals surface area (Å²) in [7, 11) is 2.09. The lowest BCUT2D eigenvalue weighted by atomic mass is 10.3. The van der Waals surface area contributed by atoms with Crippen molar-refractivity contribution in [1.82, 2.24) is 4.98 Å². The largest absolute Gasteiger partial charge is 0.397 e. The summed E-state index contributed by atoms with van der Waals surface area (Å²) in [5.74, 6) is 2.77. The van der Waals surface area contributed by atoms with Crippen molar-refractivity contribution >= 4 is 11.5 Å². The van der Waals surface area contributed by atoms with Crippen molar-refractivity contribution in [1.29, 1.82) is 0 Å². The molecule has 1 aliphatic rings. The summed E-state index contributed by atoms with van der Waals surface area (Å²) in [5, 5.41) is 0. The van der Waals surface area contributed by atoms with E-state index in [1.165, 1.54) is 6.42 Å².